The molecule has 1 aromatic heterocycles. The number of carbonyl (C=O) groups is 1. The highest BCUT2D eigenvalue weighted by Gasteiger charge is 2.22. The monoisotopic (exact) mass is 288 g/mol. The van der Waals surface area contributed by atoms with Gasteiger partial charge in [0, 0.05) is 17.6 Å². The van der Waals surface area contributed by atoms with Gasteiger partial charge in [0.1, 0.15) is 11.3 Å². The number of methoxy groups -OCH3 is 1. The van der Waals surface area contributed by atoms with E-state index in [1.165, 1.54) is 20.0 Å². The lowest BCUT2D eigenvalue weighted by molar-refractivity contribution is 0.0693. The number of hydrogen-bond acceptors (Lipinski definition) is 3. The van der Waals surface area contributed by atoms with Crippen molar-refractivity contribution in [2.24, 2.45) is 5.92 Å². The highest BCUT2D eigenvalue weighted by molar-refractivity contribution is 5.96. The van der Waals surface area contributed by atoms with Crippen molar-refractivity contribution in [3.8, 4) is 5.75 Å². The summed E-state index contributed by atoms with van der Waals surface area (Å²) in [7, 11) is 1.48. The number of nitrogens with zero attached hydrogens (tertiary/aromatic N) is 2. The van der Waals surface area contributed by atoms with Gasteiger partial charge in [-0.3, -0.25) is 4.68 Å². The van der Waals surface area contributed by atoms with Crippen molar-refractivity contribution in [3.63, 3.8) is 0 Å². The molecular formula is C16H20N2O3. The first kappa shape index (κ1) is 13.9. The number of ether oxygens (including phenoxy) is 1. The molecule has 0 spiro atoms. The molecule has 1 aliphatic rings. The largest absolute Gasteiger partial charge is 0.496 e. The standard InChI is InChI=1S/C16H20N2O3/c1-10-4-3-5-12(6-10)18-9-11-7-13(16(19)20)15(21-2)8-14(11)17-18/h7-10,12H,3-6H2,1-2H3,(H,19,20). The van der Waals surface area contributed by atoms with Crippen LogP contribution in [0, 0.1) is 5.92 Å². The van der Waals surface area contributed by atoms with Crippen LogP contribution in [-0.4, -0.2) is 28.0 Å². The molecule has 1 fully saturated rings. The number of aromatic carboxylic acids is 1. The fraction of sp³-hybridized carbons (Fsp3) is 0.500. The molecule has 1 aromatic carbocycles. The average molecular weight is 288 g/mol. The van der Waals surface area contributed by atoms with Crippen molar-refractivity contribution in [1.82, 2.24) is 9.78 Å². The van der Waals surface area contributed by atoms with Crippen molar-refractivity contribution in [3.05, 3.63) is 23.9 Å². The summed E-state index contributed by atoms with van der Waals surface area (Å²) in [4.78, 5) is 11.3. The van der Waals surface area contributed by atoms with Crippen molar-refractivity contribution < 1.29 is 14.6 Å². The smallest absolute Gasteiger partial charge is 0.339 e. The van der Waals surface area contributed by atoms with Gasteiger partial charge in [-0.05, 0) is 24.8 Å². The van der Waals surface area contributed by atoms with Gasteiger partial charge in [-0.25, -0.2) is 4.79 Å². The Morgan fingerprint density at radius 3 is 2.90 bits per heavy atom. The number of fused-ring (bicyclic) bond motifs is 1. The van der Waals surface area contributed by atoms with E-state index >= 15 is 0 Å². The van der Waals surface area contributed by atoms with E-state index in [4.69, 9.17) is 4.74 Å². The normalized spacial score (nSPS) is 22.4. The molecule has 3 rings (SSSR count). The summed E-state index contributed by atoms with van der Waals surface area (Å²) in [6, 6.07) is 3.77. The topological polar surface area (TPSA) is 64.4 Å². The molecule has 1 N–H and O–H groups in total. The first-order chi connectivity index (χ1) is 10.1. The first-order valence-electron chi connectivity index (χ1n) is 7.38. The van der Waals surface area contributed by atoms with Crippen LogP contribution in [0.1, 0.15) is 49.0 Å². The van der Waals surface area contributed by atoms with Crippen molar-refractivity contribution in [1.29, 1.82) is 0 Å². The first-order valence-corrected chi connectivity index (χ1v) is 7.38. The molecule has 0 amide bonds. The zero-order valence-corrected chi connectivity index (χ0v) is 12.4. The number of hydrogen-bond donors (Lipinski definition) is 1. The van der Waals surface area contributed by atoms with E-state index in [-0.39, 0.29) is 5.56 Å². The van der Waals surface area contributed by atoms with Crippen LogP contribution in [0.2, 0.25) is 0 Å². The number of carboxylic acid groups (broad SMARTS) is 1. The lowest BCUT2D eigenvalue weighted by Gasteiger charge is -2.26. The molecular weight excluding hydrogens is 268 g/mol. The second-order valence-corrected chi connectivity index (χ2v) is 5.95. The van der Waals surface area contributed by atoms with Gasteiger partial charge >= 0.3 is 5.97 Å². The van der Waals surface area contributed by atoms with E-state index in [1.54, 1.807) is 12.1 Å². The van der Waals surface area contributed by atoms with Crippen LogP contribution in [-0.2, 0) is 0 Å². The van der Waals surface area contributed by atoms with Gasteiger partial charge in [-0.2, -0.15) is 5.10 Å². The maximum absolute atomic E-state index is 11.3. The van der Waals surface area contributed by atoms with Gasteiger partial charge in [-0.1, -0.05) is 19.8 Å². The van der Waals surface area contributed by atoms with Crippen LogP contribution in [0.5, 0.6) is 5.75 Å². The lowest BCUT2D eigenvalue weighted by atomic mass is 9.87. The predicted molar refractivity (Wildman–Crippen MR) is 79.9 cm³/mol. The molecule has 2 atom stereocenters. The maximum atomic E-state index is 11.3. The van der Waals surface area contributed by atoms with E-state index in [9.17, 15) is 9.90 Å². The summed E-state index contributed by atoms with van der Waals surface area (Å²) >= 11 is 0. The summed E-state index contributed by atoms with van der Waals surface area (Å²) in [5.74, 6) is 0.102. The Morgan fingerprint density at radius 1 is 1.43 bits per heavy atom. The van der Waals surface area contributed by atoms with Crippen molar-refractivity contribution in [2.45, 2.75) is 38.6 Å². The molecule has 2 aromatic rings. The summed E-state index contributed by atoms with van der Waals surface area (Å²) in [6.45, 7) is 2.28. The summed E-state index contributed by atoms with van der Waals surface area (Å²) < 4.78 is 7.16. The van der Waals surface area contributed by atoms with Gasteiger partial charge in [0.05, 0.1) is 18.7 Å². The van der Waals surface area contributed by atoms with Crippen LogP contribution in [0.3, 0.4) is 0 Å². The Kier molecular flexibility index (Phi) is 3.57. The van der Waals surface area contributed by atoms with E-state index < -0.39 is 5.97 Å². The molecule has 1 aliphatic carbocycles. The second kappa shape index (κ2) is 5.39. The highest BCUT2D eigenvalue weighted by Crippen LogP contribution is 2.33. The SMILES string of the molecule is COc1cc2nn(C3CCCC(C)C3)cc2cc1C(=O)O. The Bertz CT molecular complexity index is 677. The number of carboxylic acids is 1. The molecule has 0 saturated heterocycles. The Morgan fingerprint density at radius 2 is 2.24 bits per heavy atom. The van der Waals surface area contributed by atoms with Crippen LogP contribution in [0.15, 0.2) is 18.3 Å². The fourth-order valence-electron chi connectivity index (χ4n) is 3.24. The summed E-state index contributed by atoms with van der Waals surface area (Å²) in [6.07, 6.45) is 6.75. The van der Waals surface area contributed by atoms with Crippen LogP contribution >= 0.6 is 0 Å². The molecule has 21 heavy (non-hydrogen) atoms. The maximum Gasteiger partial charge on any atom is 0.339 e. The molecule has 5 heteroatoms. The zero-order chi connectivity index (χ0) is 15.0. The highest BCUT2D eigenvalue weighted by atomic mass is 16.5. The fourth-order valence-corrected chi connectivity index (χ4v) is 3.24. The minimum absolute atomic E-state index is 0.182. The van der Waals surface area contributed by atoms with Crippen LogP contribution in [0.25, 0.3) is 10.9 Å². The van der Waals surface area contributed by atoms with E-state index in [1.807, 2.05) is 10.9 Å². The predicted octanol–water partition coefficient (Wildman–Crippen LogP) is 3.49. The molecule has 2 unspecified atom stereocenters. The third-order valence-electron chi connectivity index (χ3n) is 4.36. The van der Waals surface area contributed by atoms with Gasteiger partial charge in [-0.15, -0.1) is 0 Å². The van der Waals surface area contributed by atoms with Gasteiger partial charge in [0.2, 0.25) is 0 Å². The third kappa shape index (κ3) is 2.60. The summed E-state index contributed by atoms with van der Waals surface area (Å²) in [5.41, 5.74) is 0.969. The Labute approximate surface area is 123 Å². The third-order valence-corrected chi connectivity index (χ3v) is 4.36. The number of aromatic nitrogens is 2. The van der Waals surface area contributed by atoms with E-state index in [0.717, 1.165) is 29.7 Å². The van der Waals surface area contributed by atoms with E-state index in [0.29, 0.717) is 11.8 Å². The van der Waals surface area contributed by atoms with Crippen LogP contribution < -0.4 is 4.74 Å². The number of rotatable bonds is 3. The minimum atomic E-state index is -0.979. The molecule has 0 bridgehead atoms. The summed E-state index contributed by atoms with van der Waals surface area (Å²) in [5, 5.41) is 14.7. The molecule has 0 radical (unpaired) electrons. The second-order valence-electron chi connectivity index (χ2n) is 5.95. The van der Waals surface area contributed by atoms with Crippen LogP contribution in [0.4, 0.5) is 0 Å². The van der Waals surface area contributed by atoms with E-state index in [2.05, 4.69) is 12.0 Å². The quantitative estimate of drug-likeness (QED) is 0.939. The lowest BCUT2D eigenvalue weighted by Crippen LogP contribution is -2.17. The van der Waals surface area contributed by atoms with Gasteiger partial charge in [0.25, 0.3) is 0 Å². The molecule has 1 heterocycles. The molecule has 112 valence electrons. The average Bonchev–Trinajstić information content (AvgIpc) is 2.88. The molecule has 1 saturated carbocycles. The zero-order valence-electron chi connectivity index (χ0n) is 12.4. The van der Waals surface area contributed by atoms with Crippen molar-refractivity contribution >= 4 is 16.9 Å². The van der Waals surface area contributed by atoms with Crippen molar-refractivity contribution in [2.75, 3.05) is 7.11 Å². The molecule has 0 aliphatic heterocycles. The minimum Gasteiger partial charge on any atom is -0.496 e. The Balaban J connectivity index is 2.01. The molecule has 5 nitrogen and oxygen atoms in total. The number of benzene rings is 1. The Hall–Kier alpha value is -2.04. The van der Waals surface area contributed by atoms with Gasteiger partial charge < -0.3 is 9.84 Å². The van der Waals surface area contributed by atoms with Gasteiger partial charge in [0.15, 0.2) is 0 Å².